The average Bonchev–Trinajstić information content (AvgIpc) is 3.24. The Labute approximate surface area is 200 Å². The van der Waals surface area contributed by atoms with Crippen LogP contribution >= 0.6 is 15.9 Å². The molecule has 0 atom stereocenters. The van der Waals surface area contributed by atoms with Crippen LogP contribution in [0, 0.1) is 0 Å². The molecule has 0 aliphatic carbocycles. The lowest BCUT2D eigenvalue weighted by molar-refractivity contribution is -0.137. The van der Waals surface area contributed by atoms with E-state index in [0.717, 1.165) is 65.5 Å². The maximum Gasteiger partial charge on any atom is 0.303 e. The van der Waals surface area contributed by atoms with E-state index in [-0.39, 0.29) is 18.2 Å². The first-order valence-electron chi connectivity index (χ1n) is 11.4. The molecule has 6 nitrogen and oxygen atoms in total. The lowest BCUT2D eigenvalue weighted by Gasteiger charge is -2.08. The van der Waals surface area contributed by atoms with Gasteiger partial charge in [0, 0.05) is 28.0 Å². The minimum Gasteiger partial charge on any atom is -0.494 e. The van der Waals surface area contributed by atoms with Crippen molar-refractivity contribution in [1.82, 2.24) is 4.57 Å². The Morgan fingerprint density at radius 3 is 2.42 bits per heavy atom. The number of carboxylic acids is 1. The van der Waals surface area contributed by atoms with Crippen LogP contribution in [0.4, 0.5) is 0 Å². The second-order valence-corrected chi connectivity index (χ2v) is 9.36. The smallest absolute Gasteiger partial charge is 0.303 e. The van der Waals surface area contributed by atoms with Crippen molar-refractivity contribution < 1.29 is 19.8 Å². The molecule has 2 heterocycles. The summed E-state index contributed by atoms with van der Waals surface area (Å²) in [6, 6.07) is 13.3. The standard InChI is InChI=1S/C26H27BrN2O4/c27-17-13-14-21-19(16-17)24(23-18-10-7-8-11-20(18)28-25(23)32)26(33)29(21)15-9-5-3-1-2-4-6-12-22(30)31/h7-8,10-11,13-14,16,33H,1-6,9,12,15H2,(H,30,31). The number of aromatic nitrogens is 1. The van der Waals surface area contributed by atoms with Crippen LogP contribution < -0.4 is 10.6 Å². The van der Waals surface area contributed by atoms with Gasteiger partial charge in [-0.2, -0.15) is 0 Å². The Balaban J connectivity index is 1.52. The molecular formula is C26H27BrN2O4. The lowest BCUT2D eigenvalue weighted by atomic mass is 10.0. The number of fused-ring (bicyclic) bond motifs is 2. The van der Waals surface area contributed by atoms with Gasteiger partial charge in [0.15, 0.2) is 5.88 Å². The van der Waals surface area contributed by atoms with E-state index in [1.165, 1.54) is 0 Å². The van der Waals surface area contributed by atoms with Crippen LogP contribution in [-0.2, 0) is 16.1 Å². The molecule has 1 aromatic heterocycles. The second kappa shape index (κ2) is 10.3. The van der Waals surface area contributed by atoms with Crippen LogP contribution in [0.5, 0.6) is 5.88 Å². The summed E-state index contributed by atoms with van der Waals surface area (Å²) >= 11 is 3.52. The third-order valence-corrected chi connectivity index (χ3v) is 6.62. The number of nitrogens with zero attached hydrogens (tertiary/aromatic N) is 2. The maximum atomic E-state index is 12.8. The molecule has 0 bridgehead atoms. The summed E-state index contributed by atoms with van der Waals surface area (Å²) in [4.78, 5) is 27.5. The third-order valence-electron chi connectivity index (χ3n) is 6.13. The topological polar surface area (TPSA) is 91.9 Å². The average molecular weight is 511 g/mol. The Morgan fingerprint density at radius 1 is 0.970 bits per heavy atom. The van der Waals surface area contributed by atoms with Crippen molar-refractivity contribution >= 4 is 44.3 Å². The van der Waals surface area contributed by atoms with Gasteiger partial charge in [-0.1, -0.05) is 66.2 Å². The van der Waals surface area contributed by atoms with E-state index in [1.807, 2.05) is 47.0 Å². The number of hydrogen-bond acceptors (Lipinski definition) is 3. The lowest BCUT2D eigenvalue weighted by Crippen LogP contribution is -2.22. The first-order valence-corrected chi connectivity index (χ1v) is 12.2. The number of carbonyl (C=O) groups is 2. The number of hydrogen-bond donors (Lipinski definition) is 2. The van der Waals surface area contributed by atoms with E-state index in [0.29, 0.717) is 23.0 Å². The van der Waals surface area contributed by atoms with Crippen molar-refractivity contribution in [3.63, 3.8) is 0 Å². The molecule has 2 aromatic carbocycles. The highest BCUT2D eigenvalue weighted by atomic mass is 79.9. The van der Waals surface area contributed by atoms with Gasteiger partial charge in [0.25, 0.3) is 5.91 Å². The van der Waals surface area contributed by atoms with Crippen molar-refractivity contribution in [1.29, 1.82) is 0 Å². The molecule has 0 saturated carbocycles. The van der Waals surface area contributed by atoms with Gasteiger partial charge in [0.05, 0.1) is 22.0 Å². The molecule has 0 spiro atoms. The van der Waals surface area contributed by atoms with Gasteiger partial charge in [-0.3, -0.25) is 9.59 Å². The van der Waals surface area contributed by atoms with Gasteiger partial charge in [0.1, 0.15) is 0 Å². The first-order chi connectivity index (χ1) is 16.0. The van der Waals surface area contributed by atoms with E-state index in [4.69, 9.17) is 5.11 Å². The number of benzene rings is 2. The van der Waals surface area contributed by atoms with Crippen LogP contribution in [0.15, 0.2) is 51.9 Å². The normalized spacial score (nSPS) is 12.9. The van der Waals surface area contributed by atoms with E-state index in [9.17, 15) is 14.7 Å². The summed E-state index contributed by atoms with van der Waals surface area (Å²) in [5.41, 5.74) is 1.89. The van der Waals surface area contributed by atoms with Gasteiger partial charge in [0.2, 0.25) is 0 Å². The maximum absolute atomic E-state index is 12.8. The number of amides is 1. The largest absolute Gasteiger partial charge is 0.494 e. The Hall–Kier alpha value is -2.93. The van der Waals surface area contributed by atoms with Crippen LogP contribution in [0.2, 0.25) is 0 Å². The molecule has 1 aliphatic rings. The molecule has 0 unspecified atom stereocenters. The van der Waals surface area contributed by atoms with Crippen LogP contribution in [0.3, 0.4) is 0 Å². The van der Waals surface area contributed by atoms with Gasteiger partial charge < -0.3 is 14.8 Å². The number of aliphatic carboxylic acids is 1. The van der Waals surface area contributed by atoms with E-state index < -0.39 is 5.97 Å². The summed E-state index contributed by atoms with van der Waals surface area (Å²) in [7, 11) is 0. The first kappa shape index (κ1) is 23.2. The van der Waals surface area contributed by atoms with Crippen LogP contribution in [0.1, 0.15) is 56.9 Å². The van der Waals surface area contributed by atoms with Crippen molar-refractivity contribution in [3.8, 4) is 5.88 Å². The minimum atomic E-state index is -0.727. The highest BCUT2D eigenvalue weighted by Gasteiger charge is 2.27. The number of aryl methyl sites for hydroxylation is 1. The Morgan fingerprint density at radius 2 is 1.67 bits per heavy atom. The fourth-order valence-corrected chi connectivity index (χ4v) is 4.88. The fourth-order valence-electron chi connectivity index (χ4n) is 4.52. The zero-order valence-corrected chi connectivity index (χ0v) is 20.0. The van der Waals surface area contributed by atoms with Crippen molar-refractivity contribution in [2.24, 2.45) is 4.99 Å². The summed E-state index contributed by atoms with van der Waals surface area (Å²) in [5, 5.41) is 22.1. The van der Waals surface area contributed by atoms with E-state index in [2.05, 4.69) is 20.9 Å². The molecule has 4 rings (SSSR count). The molecule has 1 aliphatic heterocycles. The Bertz CT molecular complexity index is 1330. The quantitative estimate of drug-likeness (QED) is 0.366. The predicted octanol–water partition coefficient (Wildman–Crippen LogP) is 4.67. The molecule has 0 saturated heterocycles. The van der Waals surface area contributed by atoms with Crippen LogP contribution in [0.25, 0.3) is 16.5 Å². The zero-order valence-electron chi connectivity index (χ0n) is 18.4. The van der Waals surface area contributed by atoms with Crippen LogP contribution in [-0.4, -0.2) is 26.7 Å². The summed E-state index contributed by atoms with van der Waals surface area (Å²) in [5.74, 6) is -0.949. The Kier molecular flexibility index (Phi) is 7.28. The van der Waals surface area contributed by atoms with Gasteiger partial charge >= 0.3 is 5.97 Å². The predicted molar refractivity (Wildman–Crippen MR) is 131 cm³/mol. The molecule has 172 valence electrons. The third kappa shape index (κ3) is 5.03. The van der Waals surface area contributed by atoms with E-state index >= 15 is 0 Å². The number of aromatic hydroxyl groups is 1. The SMILES string of the molecule is O=C(O)CCCCCCCCCn1c(O)c(C2=c3ccccc3=NC2=O)c2cc(Br)ccc21. The molecule has 1 amide bonds. The minimum absolute atomic E-state index is 0.104. The molecule has 0 radical (unpaired) electrons. The van der Waals surface area contributed by atoms with Gasteiger partial charge in [-0.05, 0) is 37.1 Å². The van der Waals surface area contributed by atoms with Crippen molar-refractivity contribution in [2.45, 2.75) is 57.9 Å². The highest BCUT2D eigenvalue weighted by Crippen LogP contribution is 2.38. The van der Waals surface area contributed by atoms with E-state index in [1.54, 1.807) is 0 Å². The number of carbonyl (C=O) groups excluding carboxylic acids is 1. The monoisotopic (exact) mass is 510 g/mol. The number of para-hydroxylation sites is 1. The van der Waals surface area contributed by atoms with Gasteiger partial charge in [-0.15, -0.1) is 0 Å². The fraction of sp³-hybridized carbons (Fsp3) is 0.346. The van der Waals surface area contributed by atoms with Crippen molar-refractivity contribution in [3.05, 3.63) is 63.1 Å². The molecular weight excluding hydrogens is 484 g/mol. The number of rotatable bonds is 11. The molecule has 0 fully saturated rings. The van der Waals surface area contributed by atoms with Gasteiger partial charge in [-0.25, -0.2) is 4.99 Å². The summed E-state index contributed by atoms with van der Waals surface area (Å²) in [6.45, 7) is 0.656. The highest BCUT2D eigenvalue weighted by molar-refractivity contribution is 9.10. The summed E-state index contributed by atoms with van der Waals surface area (Å²) < 4.78 is 2.78. The molecule has 7 heteroatoms. The molecule has 3 aromatic rings. The number of carboxylic acid groups (broad SMARTS) is 1. The number of unbranched alkanes of at least 4 members (excludes halogenated alkanes) is 6. The molecule has 33 heavy (non-hydrogen) atoms. The summed E-state index contributed by atoms with van der Waals surface area (Å²) in [6.07, 6.45) is 7.08. The zero-order chi connectivity index (χ0) is 23.4. The number of halogens is 1. The molecule has 2 N–H and O–H groups in total. The van der Waals surface area contributed by atoms with Crippen molar-refractivity contribution in [2.75, 3.05) is 0 Å². The second-order valence-electron chi connectivity index (χ2n) is 8.44.